The molecule has 2 N–H and O–H groups in total. The quantitative estimate of drug-likeness (QED) is 0.874. The lowest BCUT2D eigenvalue weighted by Crippen LogP contribution is -2.40. The van der Waals surface area contributed by atoms with E-state index in [0.29, 0.717) is 31.1 Å². The summed E-state index contributed by atoms with van der Waals surface area (Å²) in [5.41, 5.74) is 6.21. The summed E-state index contributed by atoms with van der Waals surface area (Å²) in [6.07, 6.45) is 1.89. The normalized spacial score (nSPS) is 16.8. The van der Waals surface area contributed by atoms with Crippen LogP contribution >= 0.6 is 0 Å². The van der Waals surface area contributed by atoms with E-state index in [1.165, 1.54) is 12.1 Å². The third-order valence-electron chi connectivity index (χ3n) is 4.14. The number of sulfone groups is 1. The second kappa shape index (κ2) is 7.35. The van der Waals surface area contributed by atoms with Crippen LogP contribution in [0.3, 0.4) is 0 Å². The van der Waals surface area contributed by atoms with Crippen molar-refractivity contribution in [2.75, 3.05) is 19.6 Å². The molecule has 1 amide bonds. The summed E-state index contributed by atoms with van der Waals surface area (Å²) < 4.78 is 47.6. The molecule has 5 nitrogen and oxygen atoms in total. The van der Waals surface area contributed by atoms with E-state index in [9.17, 15) is 22.0 Å². The number of nitrogens with two attached hydrogens (primary N) is 1. The number of likely N-dealkylation sites (tertiary alicyclic amines) is 1. The van der Waals surface area contributed by atoms with E-state index >= 15 is 0 Å². The van der Waals surface area contributed by atoms with Gasteiger partial charge in [-0.25, -0.2) is 8.42 Å². The van der Waals surface area contributed by atoms with Crippen molar-refractivity contribution in [3.05, 3.63) is 29.8 Å². The van der Waals surface area contributed by atoms with Gasteiger partial charge >= 0.3 is 5.76 Å². The summed E-state index contributed by atoms with van der Waals surface area (Å²) in [4.78, 5) is 13.5. The monoisotopic (exact) mass is 346 g/mol. The first-order valence-electron chi connectivity index (χ1n) is 7.43. The van der Waals surface area contributed by atoms with Crippen molar-refractivity contribution in [3.8, 4) is 0 Å². The lowest BCUT2D eigenvalue weighted by atomic mass is 9.96. The Balaban J connectivity index is 1.97. The zero-order chi connectivity index (χ0) is 17.0. The van der Waals surface area contributed by atoms with Gasteiger partial charge in [0, 0.05) is 13.1 Å². The molecule has 1 aromatic rings. The summed E-state index contributed by atoms with van der Waals surface area (Å²) in [6.45, 7) is 1.96. The van der Waals surface area contributed by atoms with E-state index in [1.54, 1.807) is 4.90 Å². The summed E-state index contributed by atoms with van der Waals surface area (Å²) in [7, 11) is -4.59. The predicted octanol–water partition coefficient (Wildman–Crippen LogP) is 1.42. The van der Waals surface area contributed by atoms with Gasteiger partial charge in [-0.05, 0) is 43.0 Å². The molecule has 0 bridgehead atoms. The molecule has 1 aromatic carbocycles. The fraction of sp³-hybridized carbons (Fsp3) is 0.533. The maximum Gasteiger partial charge on any atom is 0.341 e. The van der Waals surface area contributed by atoms with E-state index in [-0.39, 0.29) is 12.3 Å². The topological polar surface area (TPSA) is 80.5 Å². The third kappa shape index (κ3) is 4.26. The van der Waals surface area contributed by atoms with Crippen LogP contribution in [0.5, 0.6) is 0 Å². The highest BCUT2D eigenvalue weighted by Crippen LogP contribution is 2.20. The molecule has 128 valence electrons. The standard InChI is InChI=1S/C15H20F2N2O3S/c16-15(17)23(21,22)13-3-1-11(2-4-13)9-14(20)19-7-5-12(10-18)6-8-19/h1-4,12,15H,5-10,18H2. The number of benzene rings is 1. The van der Waals surface area contributed by atoms with Crippen LogP contribution in [0.1, 0.15) is 18.4 Å². The first-order valence-corrected chi connectivity index (χ1v) is 8.98. The number of alkyl halides is 2. The highest BCUT2D eigenvalue weighted by atomic mass is 32.2. The minimum absolute atomic E-state index is 0.0510. The van der Waals surface area contributed by atoms with Gasteiger partial charge in [0.2, 0.25) is 15.7 Å². The second-order valence-electron chi connectivity index (χ2n) is 5.69. The first kappa shape index (κ1) is 17.8. The lowest BCUT2D eigenvalue weighted by Gasteiger charge is -2.31. The summed E-state index contributed by atoms with van der Waals surface area (Å²) in [6, 6.07) is 5.04. The first-order chi connectivity index (χ1) is 10.8. The Morgan fingerprint density at radius 3 is 2.26 bits per heavy atom. The summed E-state index contributed by atoms with van der Waals surface area (Å²) >= 11 is 0. The maximum atomic E-state index is 12.5. The van der Waals surface area contributed by atoms with Crippen molar-refractivity contribution in [1.82, 2.24) is 4.90 Å². The van der Waals surface area contributed by atoms with Crippen molar-refractivity contribution in [3.63, 3.8) is 0 Å². The summed E-state index contributed by atoms with van der Waals surface area (Å²) in [5, 5.41) is 0. The molecule has 0 saturated carbocycles. The smallest absolute Gasteiger partial charge is 0.341 e. The maximum absolute atomic E-state index is 12.5. The SMILES string of the molecule is NCC1CCN(C(=O)Cc2ccc(S(=O)(=O)C(F)F)cc2)CC1. The number of amides is 1. The van der Waals surface area contributed by atoms with Crippen LogP contribution in [0.4, 0.5) is 8.78 Å². The molecule has 1 aliphatic heterocycles. The van der Waals surface area contributed by atoms with E-state index < -0.39 is 20.5 Å². The summed E-state index contributed by atoms with van der Waals surface area (Å²) in [5.74, 6) is -3.04. The molecule has 1 saturated heterocycles. The van der Waals surface area contributed by atoms with Crippen LogP contribution in [-0.2, 0) is 21.1 Å². The van der Waals surface area contributed by atoms with Gasteiger partial charge in [0.25, 0.3) is 0 Å². The van der Waals surface area contributed by atoms with E-state index in [0.717, 1.165) is 25.0 Å². The molecular formula is C15H20F2N2O3S. The van der Waals surface area contributed by atoms with E-state index in [1.807, 2.05) is 0 Å². The molecule has 23 heavy (non-hydrogen) atoms. The average Bonchev–Trinajstić information content (AvgIpc) is 2.55. The molecule has 1 fully saturated rings. The molecule has 0 atom stereocenters. The van der Waals surface area contributed by atoms with Gasteiger partial charge in [-0.15, -0.1) is 0 Å². The molecule has 0 aliphatic carbocycles. The van der Waals surface area contributed by atoms with Crippen molar-refractivity contribution in [1.29, 1.82) is 0 Å². The molecular weight excluding hydrogens is 326 g/mol. The number of carbonyl (C=O) groups excluding carboxylic acids is 1. The van der Waals surface area contributed by atoms with Crippen molar-refractivity contribution in [2.45, 2.75) is 29.9 Å². The Kier molecular flexibility index (Phi) is 5.69. The number of halogens is 2. The fourth-order valence-corrected chi connectivity index (χ4v) is 3.33. The van der Waals surface area contributed by atoms with Crippen LogP contribution < -0.4 is 5.73 Å². The number of hydrogen-bond donors (Lipinski definition) is 1. The lowest BCUT2D eigenvalue weighted by molar-refractivity contribution is -0.131. The van der Waals surface area contributed by atoms with Crippen LogP contribution in [0, 0.1) is 5.92 Å². The minimum atomic E-state index is -4.59. The van der Waals surface area contributed by atoms with Crippen LogP contribution in [0.15, 0.2) is 29.2 Å². The van der Waals surface area contributed by atoms with Gasteiger partial charge in [0.15, 0.2) is 0 Å². The zero-order valence-electron chi connectivity index (χ0n) is 12.6. The van der Waals surface area contributed by atoms with E-state index in [2.05, 4.69) is 0 Å². The third-order valence-corrected chi connectivity index (χ3v) is 5.54. The highest BCUT2D eigenvalue weighted by Gasteiger charge is 2.26. The largest absolute Gasteiger partial charge is 0.342 e. The van der Waals surface area contributed by atoms with Gasteiger partial charge < -0.3 is 10.6 Å². The number of rotatable bonds is 5. The van der Waals surface area contributed by atoms with Gasteiger partial charge in [-0.3, -0.25) is 4.79 Å². The molecule has 0 unspecified atom stereocenters. The Bertz CT molecular complexity index is 639. The van der Waals surface area contributed by atoms with Crippen LogP contribution in [-0.4, -0.2) is 44.6 Å². The van der Waals surface area contributed by atoms with Crippen LogP contribution in [0.2, 0.25) is 0 Å². The Hall–Kier alpha value is -1.54. The molecule has 1 heterocycles. The van der Waals surface area contributed by atoms with Crippen molar-refractivity contribution in [2.24, 2.45) is 11.7 Å². The number of hydrogen-bond acceptors (Lipinski definition) is 4. The van der Waals surface area contributed by atoms with Gasteiger partial charge in [0.1, 0.15) is 0 Å². The predicted molar refractivity (Wildman–Crippen MR) is 81.7 cm³/mol. The number of piperidine rings is 1. The second-order valence-corrected chi connectivity index (χ2v) is 7.60. The van der Waals surface area contributed by atoms with E-state index in [4.69, 9.17) is 5.73 Å². The number of nitrogens with zero attached hydrogens (tertiary/aromatic N) is 1. The van der Waals surface area contributed by atoms with Gasteiger partial charge in [-0.1, -0.05) is 12.1 Å². The minimum Gasteiger partial charge on any atom is -0.342 e. The highest BCUT2D eigenvalue weighted by molar-refractivity contribution is 7.91. The molecule has 1 aliphatic rings. The van der Waals surface area contributed by atoms with Crippen molar-refractivity contribution >= 4 is 15.7 Å². The fourth-order valence-electron chi connectivity index (χ4n) is 2.60. The Labute approximate surface area is 134 Å². The molecule has 8 heteroatoms. The molecule has 2 rings (SSSR count). The van der Waals surface area contributed by atoms with Gasteiger partial charge in [0.05, 0.1) is 11.3 Å². The zero-order valence-corrected chi connectivity index (χ0v) is 13.4. The molecule has 0 aromatic heterocycles. The van der Waals surface area contributed by atoms with Crippen molar-refractivity contribution < 1.29 is 22.0 Å². The van der Waals surface area contributed by atoms with Crippen LogP contribution in [0.25, 0.3) is 0 Å². The molecule has 0 radical (unpaired) electrons. The Morgan fingerprint density at radius 1 is 1.22 bits per heavy atom. The average molecular weight is 346 g/mol. The number of carbonyl (C=O) groups is 1. The molecule has 0 spiro atoms. The van der Waals surface area contributed by atoms with Gasteiger partial charge in [-0.2, -0.15) is 8.78 Å². The Morgan fingerprint density at radius 2 is 1.78 bits per heavy atom.